The van der Waals surface area contributed by atoms with Gasteiger partial charge in [-0.2, -0.15) is 0 Å². The average Bonchev–Trinajstić information content (AvgIpc) is 2.60. The van der Waals surface area contributed by atoms with Crippen molar-refractivity contribution in [2.75, 3.05) is 33.4 Å². The summed E-state index contributed by atoms with van der Waals surface area (Å²) in [6.45, 7) is 2.75. The van der Waals surface area contributed by atoms with Crippen molar-refractivity contribution in [3.63, 3.8) is 0 Å². The Kier molecular flexibility index (Phi) is 6.75. The summed E-state index contributed by atoms with van der Waals surface area (Å²) in [5, 5.41) is 6.60. The van der Waals surface area contributed by atoms with Crippen molar-refractivity contribution in [3.05, 3.63) is 46.0 Å². The number of carbonyl (C=O) groups excluding carboxylic acids is 1. The molecule has 0 aliphatic carbocycles. The molecule has 0 bridgehead atoms. The Morgan fingerprint density at radius 3 is 2.73 bits per heavy atom. The number of rotatable bonds is 5. The Hall–Kier alpha value is -1.96. The lowest BCUT2D eigenvalue weighted by Gasteiger charge is -2.37. The van der Waals surface area contributed by atoms with Crippen LogP contribution >= 0.6 is 12.4 Å². The number of hydrogen-bond donors (Lipinski definition) is 3. The Labute approximate surface area is 156 Å². The van der Waals surface area contributed by atoms with Gasteiger partial charge in [-0.1, -0.05) is 0 Å². The lowest BCUT2D eigenvalue weighted by atomic mass is 9.79. The predicted octanol–water partition coefficient (Wildman–Crippen LogP) is 1.83. The first kappa shape index (κ1) is 20.4. The van der Waals surface area contributed by atoms with Crippen LogP contribution in [-0.2, 0) is 4.74 Å². The van der Waals surface area contributed by atoms with E-state index in [-0.39, 0.29) is 29.3 Å². The number of aromatic amines is 1. The van der Waals surface area contributed by atoms with Gasteiger partial charge in [-0.3, -0.25) is 9.59 Å². The van der Waals surface area contributed by atoms with Crippen molar-refractivity contribution in [1.82, 2.24) is 15.6 Å². The predicted molar refractivity (Wildman–Crippen MR) is 101 cm³/mol. The van der Waals surface area contributed by atoms with E-state index in [0.29, 0.717) is 24.1 Å². The minimum absolute atomic E-state index is 0. The van der Waals surface area contributed by atoms with E-state index in [0.717, 1.165) is 25.9 Å². The van der Waals surface area contributed by atoms with Crippen LogP contribution in [0.4, 0.5) is 4.39 Å². The summed E-state index contributed by atoms with van der Waals surface area (Å²) in [4.78, 5) is 27.1. The molecule has 6 nitrogen and oxygen atoms in total. The molecular formula is C18H23ClFN3O3. The molecule has 1 aliphatic heterocycles. The number of amides is 1. The lowest BCUT2D eigenvalue weighted by molar-refractivity contribution is 0.0512. The molecule has 142 valence electrons. The zero-order valence-electron chi connectivity index (χ0n) is 14.6. The quantitative estimate of drug-likeness (QED) is 0.735. The number of nitrogens with one attached hydrogen (secondary N) is 3. The SMILES string of the molecule is COCC1(CNC(=O)c2cc(=O)[nH]c3ccc(F)cc23)CCNCC1.Cl. The number of halogens is 2. The maximum Gasteiger partial charge on any atom is 0.252 e. The summed E-state index contributed by atoms with van der Waals surface area (Å²) < 4.78 is 18.9. The first-order valence-electron chi connectivity index (χ1n) is 8.33. The van der Waals surface area contributed by atoms with Gasteiger partial charge in [-0.25, -0.2) is 4.39 Å². The third-order valence-electron chi connectivity index (χ3n) is 4.79. The monoisotopic (exact) mass is 383 g/mol. The van der Waals surface area contributed by atoms with Gasteiger partial charge in [0.25, 0.3) is 5.91 Å². The third-order valence-corrected chi connectivity index (χ3v) is 4.79. The molecule has 3 rings (SSSR count). The molecule has 1 fully saturated rings. The maximum absolute atomic E-state index is 13.6. The highest BCUT2D eigenvalue weighted by molar-refractivity contribution is 6.05. The fourth-order valence-electron chi connectivity index (χ4n) is 3.41. The standard InChI is InChI=1S/C18H22FN3O3.ClH/c1-25-11-18(4-6-20-7-5-18)10-21-17(24)14-9-16(23)22-15-3-2-12(19)8-13(14)15;/h2-3,8-9,20H,4-7,10-11H2,1H3,(H,21,24)(H,22,23);1H. The van der Waals surface area contributed by atoms with E-state index in [1.165, 1.54) is 24.3 Å². The molecule has 1 aromatic carbocycles. The molecule has 3 N–H and O–H groups in total. The number of ether oxygens (including phenoxy) is 1. The van der Waals surface area contributed by atoms with Crippen LogP contribution in [0.25, 0.3) is 10.9 Å². The van der Waals surface area contributed by atoms with Gasteiger partial charge in [0.05, 0.1) is 12.2 Å². The summed E-state index contributed by atoms with van der Waals surface area (Å²) in [6.07, 6.45) is 1.79. The number of carbonyl (C=O) groups is 1. The lowest BCUT2D eigenvalue weighted by Crippen LogP contribution is -2.47. The Morgan fingerprint density at radius 1 is 1.31 bits per heavy atom. The van der Waals surface area contributed by atoms with Crippen molar-refractivity contribution >= 4 is 29.2 Å². The zero-order valence-corrected chi connectivity index (χ0v) is 15.4. The van der Waals surface area contributed by atoms with Gasteiger partial charge in [0, 0.05) is 36.0 Å². The highest BCUT2D eigenvalue weighted by Gasteiger charge is 2.32. The van der Waals surface area contributed by atoms with Crippen LogP contribution in [0.3, 0.4) is 0 Å². The first-order chi connectivity index (χ1) is 12.0. The largest absolute Gasteiger partial charge is 0.384 e. The topological polar surface area (TPSA) is 83.2 Å². The van der Waals surface area contributed by atoms with Gasteiger partial charge < -0.3 is 20.4 Å². The van der Waals surface area contributed by atoms with E-state index in [1.54, 1.807) is 7.11 Å². The van der Waals surface area contributed by atoms with E-state index in [9.17, 15) is 14.0 Å². The summed E-state index contributed by atoms with van der Waals surface area (Å²) in [7, 11) is 1.65. The molecule has 1 amide bonds. The van der Waals surface area contributed by atoms with Crippen LogP contribution < -0.4 is 16.2 Å². The normalized spacial score (nSPS) is 16.1. The first-order valence-corrected chi connectivity index (χ1v) is 8.33. The van der Waals surface area contributed by atoms with Crippen LogP contribution in [0.5, 0.6) is 0 Å². The van der Waals surface area contributed by atoms with Crippen molar-refractivity contribution in [1.29, 1.82) is 0 Å². The number of fused-ring (bicyclic) bond motifs is 1. The van der Waals surface area contributed by atoms with Gasteiger partial charge in [-0.15, -0.1) is 12.4 Å². The molecule has 0 saturated carbocycles. The zero-order chi connectivity index (χ0) is 17.9. The number of H-pyrrole nitrogens is 1. The Balaban J connectivity index is 0.00000243. The summed E-state index contributed by atoms with van der Waals surface area (Å²) in [5.41, 5.74) is 0.0998. The molecule has 0 atom stereocenters. The minimum atomic E-state index is -0.456. The van der Waals surface area contributed by atoms with Crippen LogP contribution in [0.15, 0.2) is 29.1 Å². The Morgan fingerprint density at radius 2 is 2.04 bits per heavy atom. The number of aromatic nitrogens is 1. The second kappa shape index (κ2) is 8.62. The summed E-state index contributed by atoms with van der Waals surface area (Å²) >= 11 is 0. The van der Waals surface area contributed by atoms with E-state index < -0.39 is 11.4 Å². The molecule has 2 heterocycles. The van der Waals surface area contributed by atoms with Gasteiger partial charge in [0.15, 0.2) is 0 Å². The van der Waals surface area contributed by atoms with Crippen LogP contribution in [0.1, 0.15) is 23.2 Å². The van der Waals surface area contributed by atoms with Gasteiger partial charge in [0.1, 0.15) is 5.82 Å². The highest BCUT2D eigenvalue weighted by Crippen LogP contribution is 2.28. The smallest absolute Gasteiger partial charge is 0.252 e. The van der Waals surface area contributed by atoms with Crippen LogP contribution in [0.2, 0.25) is 0 Å². The fraction of sp³-hybridized carbons (Fsp3) is 0.444. The Bertz CT molecular complexity index is 829. The van der Waals surface area contributed by atoms with E-state index in [4.69, 9.17) is 4.74 Å². The molecule has 0 unspecified atom stereocenters. The minimum Gasteiger partial charge on any atom is -0.384 e. The van der Waals surface area contributed by atoms with Gasteiger partial charge in [0.2, 0.25) is 5.56 Å². The number of methoxy groups -OCH3 is 1. The second-order valence-electron chi connectivity index (χ2n) is 6.60. The number of benzene rings is 1. The van der Waals surface area contributed by atoms with Crippen molar-refractivity contribution in [2.45, 2.75) is 12.8 Å². The maximum atomic E-state index is 13.6. The number of pyridine rings is 1. The van der Waals surface area contributed by atoms with Gasteiger partial charge in [-0.05, 0) is 44.1 Å². The summed E-state index contributed by atoms with van der Waals surface area (Å²) in [6, 6.07) is 5.18. The second-order valence-corrected chi connectivity index (χ2v) is 6.60. The van der Waals surface area contributed by atoms with E-state index in [1.807, 2.05) is 0 Å². The average molecular weight is 384 g/mol. The number of piperidine rings is 1. The third kappa shape index (κ3) is 4.41. The van der Waals surface area contributed by atoms with Crippen molar-refractivity contribution < 1.29 is 13.9 Å². The highest BCUT2D eigenvalue weighted by atomic mass is 35.5. The molecule has 0 radical (unpaired) electrons. The molecular weight excluding hydrogens is 361 g/mol. The van der Waals surface area contributed by atoms with E-state index in [2.05, 4.69) is 15.6 Å². The number of hydrogen-bond acceptors (Lipinski definition) is 4. The molecule has 1 aliphatic rings. The molecule has 0 spiro atoms. The van der Waals surface area contributed by atoms with Crippen molar-refractivity contribution in [3.8, 4) is 0 Å². The fourth-order valence-corrected chi connectivity index (χ4v) is 3.41. The van der Waals surface area contributed by atoms with Gasteiger partial charge >= 0.3 is 0 Å². The van der Waals surface area contributed by atoms with Crippen LogP contribution in [-0.4, -0.2) is 44.2 Å². The molecule has 8 heteroatoms. The molecule has 1 aromatic heterocycles. The van der Waals surface area contributed by atoms with Crippen molar-refractivity contribution in [2.24, 2.45) is 5.41 Å². The molecule has 1 saturated heterocycles. The van der Waals surface area contributed by atoms with E-state index >= 15 is 0 Å². The molecule has 26 heavy (non-hydrogen) atoms. The molecule has 2 aromatic rings. The summed E-state index contributed by atoms with van der Waals surface area (Å²) in [5.74, 6) is -0.835. The van der Waals surface area contributed by atoms with Crippen LogP contribution in [0, 0.1) is 11.2 Å².